The lowest BCUT2D eigenvalue weighted by Crippen LogP contribution is -2.47. The van der Waals surface area contributed by atoms with Crippen molar-refractivity contribution in [3.05, 3.63) is 54.1 Å². The predicted molar refractivity (Wildman–Crippen MR) is 117 cm³/mol. The van der Waals surface area contributed by atoms with Gasteiger partial charge in [-0.15, -0.1) is 0 Å². The Morgan fingerprint density at radius 3 is 2.53 bits per heavy atom. The lowest BCUT2D eigenvalue weighted by molar-refractivity contribution is -0.120. The average molecular weight is 407 g/mol. The fourth-order valence-corrected chi connectivity index (χ4v) is 4.99. The van der Waals surface area contributed by atoms with E-state index in [1.54, 1.807) is 7.11 Å². The number of anilines is 1. The highest BCUT2D eigenvalue weighted by atomic mass is 16.5. The summed E-state index contributed by atoms with van der Waals surface area (Å²) in [6.07, 6.45) is 4.96. The summed E-state index contributed by atoms with van der Waals surface area (Å²) in [7, 11) is 1.71. The Hall–Kier alpha value is -2.53. The second-order valence-corrected chi connectivity index (χ2v) is 8.99. The third-order valence-electron chi connectivity index (χ3n) is 6.96. The maximum atomic E-state index is 13.1. The highest BCUT2D eigenvalue weighted by molar-refractivity contribution is 5.97. The standard InChI is InChI=1S/C25H30N2O3/c1-29-21-9-10-23-22(15-21)25(11-13-26(14-12-25)16-19-7-8-19)18-27(23)24(28)17-30-20-5-3-2-4-6-20/h2-6,9-10,15,19H,7-8,11-14,16-18H2,1H3. The SMILES string of the molecule is COc1ccc2c(c1)C1(CCN(CC3CC3)CC1)CN2C(=O)COc1ccccc1. The summed E-state index contributed by atoms with van der Waals surface area (Å²) in [5.74, 6) is 2.53. The Morgan fingerprint density at radius 2 is 1.83 bits per heavy atom. The second-order valence-electron chi connectivity index (χ2n) is 8.99. The number of hydrogen-bond acceptors (Lipinski definition) is 4. The van der Waals surface area contributed by atoms with E-state index in [0.717, 1.165) is 55.6 Å². The van der Waals surface area contributed by atoms with Crippen LogP contribution in [-0.4, -0.2) is 50.7 Å². The summed E-state index contributed by atoms with van der Waals surface area (Å²) in [5.41, 5.74) is 2.31. The zero-order chi connectivity index (χ0) is 20.6. The molecule has 2 fully saturated rings. The van der Waals surface area contributed by atoms with E-state index in [0.29, 0.717) is 0 Å². The first-order chi connectivity index (χ1) is 14.7. The number of rotatable bonds is 6. The number of benzene rings is 2. The Labute approximate surface area is 178 Å². The molecule has 0 radical (unpaired) electrons. The molecule has 1 aliphatic carbocycles. The van der Waals surface area contributed by atoms with Gasteiger partial charge in [-0.05, 0) is 80.6 Å². The molecule has 0 unspecified atom stereocenters. The van der Waals surface area contributed by atoms with E-state index in [9.17, 15) is 4.79 Å². The number of hydrogen-bond donors (Lipinski definition) is 0. The lowest BCUT2D eigenvalue weighted by atomic mass is 9.74. The van der Waals surface area contributed by atoms with Crippen LogP contribution in [0.1, 0.15) is 31.2 Å². The van der Waals surface area contributed by atoms with Crippen molar-refractivity contribution in [3.63, 3.8) is 0 Å². The summed E-state index contributed by atoms with van der Waals surface area (Å²) >= 11 is 0. The van der Waals surface area contributed by atoms with Crippen LogP contribution in [0.4, 0.5) is 5.69 Å². The zero-order valence-corrected chi connectivity index (χ0v) is 17.7. The minimum atomic E-state index is 0.0163. The van der Waals surface area contributed by atoms with E-state index in [1.165, 1.54) is 24.9 Å². The van der Waals surface area contributed by atoms with E-state index in [4.69, 9.17) is 9.47 Å². The quantitative estimate of drug-likeness (QED) is 0.731. The van der Waals surface area contributed by atoms with Crippen LogP contribution in [-0.2, 0) is 10.2 Å². The van der Waals surface area contributed by atoms with Gasteiger partial charge in [-0.25, -0.2) is 0 Å². The molecule has 2 heterocycles. The van der Waals surface area contributed by atoms with Crippen LogP contribution in [0.15, 0.2) is 48.5 Å². The molecule has 158 valence electrons. The molecule has 5 heteroatoms. The van der Waals surface area contributed by atoms with Gasteiger partial charge in [0.2, 0.25) is 0 Å². The fourth-order valence-electron chi connectivity index (χ4n) is 4.99. The molecule has 3 aliphatic rings. The van der Waals surface area contributed by atoms with Crippen molar-refractivity contribution in [2.24, 2.45) is 5.92 Å². The summed E-state index contributed by atoms with van der Waals surface area (Å²) in [5, 5.41) is 0. The largest absolute Gasteiger partial charge is 0.497 e. The first-order valence-electron chi connectivity index (χ1n) is 11.1. The number of fused-ring (bicyclic) bond motifs is 2. The van der Waals surface area contributed by atoms with E-state index >= 15 is 0 Å². The molecule has 2 aromatic rings. The van der Waals surface area contributed by atoms with Gasteiger partial charge in [0.05, 0.1) is 7.11 Å². The van der Waals surface area contributed by atoms with Crippen LogP contribution in [0.5, 0.6) is 11.5 Å². The normalized spacial score (nSPS) is 20.2. The molecule has 0 N–H and O–H groups in total. The maximum Gasteiger partial charge on any atom is 0.264 e. The van der Waals surface area contributed by atoms with E-state index < -0.39 is 0 Å². The van der Waals surface area contributed by atoms with Gasteiger partial charge in [0.25, 0.3) is 5.91 Å². The fraction of sp³-hybridized carbons (Fsp3) is 0.480. The van der Waals surface area contributed by atoms with Crippen molar-refractivity contribution in [2.75, 3.05) is 44.8 Å². The van der Waals surface area contributed by atoms with Crippen molar-refractivity contribution in [3.8, 4) is 11.5 Å². The van der Waals surface area contributed by atoms with Gasteiger partial charge in [0, 0.05) is 24.2 Å². The van der Waals surface area contributed by atoms with Crippen molar-refractivity contribution in [1.82, 2.24) is 4.90 Å². The van der Waals surface area contributed by atoms with Crippen molar-refractivity contribution < 1.29 is 14.3 Å². The number of ether oxygens (including phenoxy) is 2. The number of para-hydroxylation sites is 1. The average Bonchev–Trinajstić information content (AvgIpc) is 3.56. The van der Waals surface area contributed by atoms with Crippen molar-refractivity contribution in [2.45, 2.75) is 31.1 Å². The first kappa shape index (κ1) is 19.4. The van der Waals surface area contributed by atoms with Crippen molar-refractivity contribution >= 4 is 11.6 Å². The van der Waals surface area contributed by atoms with E-state index in [2.05, 4.69) is 11.0 Å². The van der Waals surface area contributed by atoms with Gasteiger partial charge < -0.3 is 19.3 Å². The number of nitrogens with zero attached hydrogens (tertiary/aromatic N) is 2. The molecular formula is C25H30N2O3. The molecule has 1 saturated carbocycles. The summed E-state index contributed by atoms with van der Waals surface area (Å²) in [6, 6.07) is 15.7. The van der Waals surface area contributed by atoms with E-state index in [1.807, 2.05) is 47.4 Å². The molecule has 0 atom stereocenters. The molecule has 1 amide bonds. The number of amides is 1. The smallest absolute Gasteiger partial charge is 0.264 e. The molecule has 2 aromatic carbocycles. The molecular weight excluding hydrogens is 376 g/mol. The Bertz CT molecular complexity index is 902. The number of carbonyl (C=O) groups is 1. The molecule has 0 aromatic heterocycles. The minimum Gasteiger partial charge on any atom is -0.497 e. The highest BCUT2D eigenvalue weighted by Gasteiger charge is 2.46. The molecule has 5 rings (SSSR count). The van der Waals surface area contributed by atoms with Crippen LogP contribution in [0.25, 0.3) is 0 Å². The second kappa shape index (κ2) is 7.95. The van der Waals surface area contributed by atoms with Gasteiger partial charge >= 0.3 is 0 Å². The zero-order valence-electron chi connectivity index (χ0n) is 17.7. The van der Waals surface area contributed by atoms with Crippen LogP contribution < -0.4 is 14.4 Å². The predicted octanol–water partition coefficient (Wildman–Crippen LogP) is 3.86. The number of piperidine rings is 1. The summed E-state index contributed by atoms with van der Waals surface area (Å²) < 4.78 is 11.3. The third-order valence-corrected chi connectivity index (χ3v) is 6.96. The minimum absolute atomic E-state index is 0.0163. The van der Waals surface area contributed by atoms with Gasteiger partial charge in [-0.1, -0.05) is 18.2 Å². The monoisotopic (exact) mass is 406 g/mol. The Balaban J connectivity index is 1.34. The van der Waals surface area contributed by atoms with Crippen LogP contribution in [0, 0.1) is 5.92 Å². The summed E-state index contributed by atoms with van der Waals surface area (Å²) in [6.45, 7) is 4.25. The number of carbonyl (C=O) groups excluding carboxylic acids is 1. The molecule has 1 spiro atoms. The maximum absolute atomic E-state index is 13.1. The van der Waals surface area contributed by atoms with Gasteiger partial charge in [-0.2, -0.15) is 0 Å². The number of methoxy groups -OCH3 is 1. The van der Waals surface area contributed by atoms with Crippen LogP contribution >= 0.6 is 0 Å². The van der Waals surface area contributed by atoms with Gasteiger partial charge in [0.1, 0.15) is 11.5 Å². The molecule has 5 nitrogen and oxygen atoms in total. The van der Waals surface area contributed by atoms with Gasteiger partial charge in [0.15, 0.2) is 6.61 Å². The van der Waals surface area contributed by atoms with Crippen LogP contribution in [0.3, 0.4) is 0 Å². The van der Waals surface area contributed by atoms with Crippen molar-refractivity contribution in [1.29, 1.82) is 0 Å². The Kier molecular flexibility index (Phi) is 5.15. The molecule has 1 saturated heterocycles. The van der Waals surface area contributed by atoms with Crippen LogP contribution in [0.2, 0.25) is 0 Å². The first-order valence-corrected chi connectivity index (χ1v) is 11.1. The molecule has 2 aliphatic heterocycles. The molecule has 0 bridgehead atoms. The third kappa shape index (κ3) is 3.79. The summed E-state index contributed by atoms with van der Waals surface area (Å²) in [4.78, 5) is 17.7. The topological polar surface area (TPSA) is 42.0 Å². The van der Waals surface area contributed by atoms with E-state index in [-0.39, 0.29) is 17.9 Å². The van der Waals surface area contributed by atoms with Gasteiger partial charge in [-0.3, -0.25) is 4.79 Å². The lowest BCUT2D eigenvalue weighted by Gasteiger charge is -2.40. The number of likely N-dealkylation sites (tertiary alicyclic amines) is 1. The highest BCUT2D eigenvalue weighted by Crippen LogP contribution is 2.48. The molecule has 30 heavy (non-hydrogen) atoms. The Morgan fingerprint density at radius 1 is 1.07 bits per heavy atom.